The number of hydrogen-bond donors (Lipinski definition) is 2. The fourth-order valence-electron chi connectivity index (χ4n) is 2.15. The predicted octanol–water partition coefficient (Wildman–Crippen LogP) is 2.01. The molecular formula is C13H12N2O3S. The van der Waals surface area contributed by atoms with Crippen molar-refractivity contribution >= 4 is 34.2 Å². The Hall–Kier alpha value is -1.82. The number of aryl methyl sites for hydroxylation is 1. The largest absolute Gasteiger partial charge is 0.508 e. The Morgan fingerprint density at radius 1 is 1.37 bits per heavy atom. The second kappa shape index (κ2) is 4.70. The number of phenols is 1. The Balaban J connectivity index is 1.90. The third-order valence-corrected chi connectivity index (χ3v) is 4.23. The van der Waals surface area contributed by atoms with Crippen molar-refractivity contribution in [2.24, 2.45) is 9.98 Å². The molecule has 0 bridgehead atoms. The van der Waals surface area contributed by atoms with Crippen LogP contribution < -0.4 is 0 Å². The van der Waals surface area contributed by atoms with E-state index in [-0.39, 0.29) is 5.75 Å². The molecule has 0 radical (unpaired) electrons. The molecule has 2 N–H and O–H groups in total. The van der Waals surface area contributed by atoms with E-state index in [2.05, 4.69) is 9.98 Å². The third kappa shape index (κ3) is 2.35. The zero-order valence-corrected chi connectivity index (χ0v) is 10.9. The molecule has 1 aromatic carbocycles. The first-order chi connectivity index (χ1) is 9.13. The zero-order valence-electron chi connectivity index (χ0n) is 10.0. The van der Waals surface area contributed by atoms with Crippen molar-refractivity contribution < 1.29 is 15.0 Å². The molecule has 0 fully saturated rings. The van der Waals surface area contributed by atoms with Crippen LogP contribution in [0.2, 0.25) is 0 Å². The Bertz CT molecular complexity index is 610. The highest BCUT2D eigenvalue weighted by atomic mass is 32.2. The molecular weight excluding hydrogens is 264 g/mol. The van der Waals surface area contributed by atoms with E-state index in [9.17, 15) is 9.90 Å². The molecule has 2 aliphatic heterocycles. The number of carboxylic acids is 1. The van der Waals surface area contributed by atoms with Gasteiger partial charge in [-0.15, -0.1) is 11.8 Å². The number of nitrogens with zero attached hydrogens (tertiary/aromatic N) is 2. The number of aliphatic carboxylic acids is 1. The first-order valence-electron chi connectivity index (χ1n) is 5.97. The quantitative estimate of drug-likeness (QED) is 0.865. The van der Waals surface area contributed by atoms with Crippen LogP contribution in [0.5, 0.6) is 5.75 Å². The highest BCUT2D eigenvalue weighted by Crippen LogP contribution is 2.31. The molecule has 98 valence electrons. The summed E-state index contributed by atoms with van der Waals surface area (Å²) in [7, 11) is 0. The molecule has 1 aromatic rings. The number of hydrogen-bond acceptors (Lipinski definition) is 5. The summed E-state index contributed by atoms with van der Waals surface area (Å²) in [5.74, 6) is -0.160. The van der Waals surface area contributed by atoms with Crippen LogP contribution in [0.25, 0.3) is 0 Å². The molecule has 19 heavy (non-hydrogen) atoms. The topological polar surface area (TPSA) is 82.2 Å². The Kier molecular flexibility index (Phi) is 3.02. The van der Waals surface area contributed by atoms with Gasteiger partial charge in [-0.25, -0.2) is 4.79 Å². The molecule has 0 aromatic heterocycles. The molecule has 2 aliphatic rings. The van der Waals surface area contributed by atoms with Crippen molar-refractivity contribution in [3.8, 4) is 5.75 Å². The van der Waals surface area contributed by atoms with E-state index in [0.717, 1.165) is 34.8 Å². The van der Waals surface area contributed by atoms with E-state index in [4.69, 9.17) is 5.11 Å². The standard InChI is InChI=1S/C13H12N2O3S/c16-8-2-4-9-7(5-8)1-3-10(14-9)12-15-11(6-19-12)13(17)18/h2,4-5,11,16H,1,3,6H2,(H,17,18)/t11-/m1/s1. The van der Waals surface area contributed by atoms with Gasteiger partial charge >= 0.3 is 5.97 Å². The number of thioether (sulfide) groups is 1. The summed E-state index contributed by atoms with van der Waals surface area (Å²) in [6, 6.07) is 4.45. The van der Waals surface area contributed by atoms with E-state index < -0.39 is 12.0 Å². The smallest absolute Gasteiger partial charge is 0.329 e. The van der Waals surface area contributed by atoms with Crippen molar-refractivity contribution in [1.29, 1.82) is 0 Å². The number of benzene rings is 1. The Morgan fingerprint density at radius 2 is 2.21 bits per heavy atom. The van der Waals surface area contributed by atoms with Crippen LogP contribution in [-0.2, 0) is 11.2 Å². The van der Waals surface area contributed by atoms with Crippen LogP contribution >= 0.6 is 11.8 Å². The number of aliphatic imine (C=N–C) groups is 2. The Morgan fingerprint density at radius 3 is 2.95 bits per heavy atom. The van der Waals surface area contributed by atoms with Crippen LogP contribution in [0.4, 0.5) is 5.69 Å². The summed E-state index contributed by atoms with van der Waals surface area (Å²) >= 11 is 1.45. The van der Waals surface area contributed by atoms with Gasteiger partial charge < -0.3 is 10.2 Å². The summed E-state index contributed by atoms with van der Waals surface area (Å²) in [5.41, 5.74) is 2.70. The Labute approximate surface area is 114 Å². The van der Waals surface area contributed by atoms with Gasteiger partial charge in [-0.3, -0.25) is 9.98 Å². The number of rotatable bonds is 2. The highest BCUT2D eigenvalue weighted by molar-refractivity contribution is 8.16. The van der Waals surface area contributed by atoms with Crippen LogP contribution in [0.15, 0.2) is 28.2 Å². The molecule has 0 amide bonds. The van der Waals surface area contributed by atoms with Crippen molar-refractivity contribution in [2.45, 2.75) is 18.9 Å². The molecule has 5 nitrogen and oxygen atoms in total. The third-order valence-electron chi connectivity index (χ3n) is 3.13. The van der Waals surface area contributed by atoms with E-state index >= 15 is 0 Å². The van der Waals surface area contributed by atoms with Crippen LogP contribution in [-0.4, -0.2) is 38.7 Å². The van der Waals surface area contributed by atoms with Gasteiger partial charge in [0.1, 0.15) is 10.8 Å². The van der Waals surface area contributed by atoms with Gasteiger partial charge in [-0.1, -0.05) is 0 Å². The van der Waals surface area contributed by atoms with E-state index in [1.807, 2.05) is 0 Å². The van der Waals surface area contributed by atoms with Crippen LogP contribution in [0.1, 0.15) is 12.0 Å². The maximum absolute atomic E-state index is 10.9. The molecule has 0 unspecified atom stereocenters. The zero-order chi connectivity index (χ0) is 13.4. The molecule has 0 saturated heterocycles. The molecule has 0 aliphatic carbocycles. The summed E-state index contributed by atoms with van der Waals surface area (Å²) in [5, 5.41) is 19.1. The SMILES string of the molecule is O=C(O)[C@H]1CSC(C2=Nc3ccc(O)cc3CC2)=N1. The van der Waals surface area contributed by atoms with Gasteiger partial charge in [-0.05, 0) is 36.6 Å². The van der Waals surface area contributed by atoms with Crippen LogP contribution in [0.3, 0.4) is 0 Å². The number of fused-ring (bicyclic) bond motifs is 1. The van der Waals surface area contributed by atoms with Crippen molar-refractivity contribution in [2.75, 3.05) is 5.75 Å². The lowest BCUT2D eigenvalue weighted by Gasteiger charge is -2.15. The minimum absolute atomic E-state index is 0.246. The normalized spacial score (nSPS) is 21.6. The first-order valence-corrected chi connectivity index (χ1v) is 6.95. The molecule has 2 heterocycles. The predicted molar refractivity (Wildman–Crippen MR) is 74.8 cm³/mol. The fourth-order valence-corrected chi connectivity index (χ4v) is 3.20. The first kappa shape index (κ1) is 12.2. The average Bonchev–Trinajstić information content (AvgIpc) is 2.88. The van der Waals surface area contributed by atoms with E-state index in [0.29, 0.717) is 5.75 Å². The van der Waals surface area contributed by atoms with E-state index in [1.54, 1.807) is 18.2 Å². The van der Waals surface area contributed by atoms with Gasteiger partial charge in [0.25, 0.3) is 0 Å². The number of aromatic hydroxyl groups is 1. The lowest BCUT2D eigenvalue weighted by molar-refractivity contribution is -0.137. The molecule has 3 rings (SSSR count). The summed E-state index contributed by atoms with van der Waals surface area (Å²) in [6.07, 6.45) is 1.52. The maximum atomic E-state index is 10.9. The molecule has 0 spiro atoms. The minimum atomic E-state index is -0.885. The molecule has 0 saturated carbocycles. The maximum Gasteiger partial charge on any atom is 0.329 e. The minimum Gasteiger partial charge on any atom is -0.508 e. The van der Waals surface area contributed by atoms with Gasteiger partial charge in [-0.2, -0.15) is 0 Å². The van der Waals surface area contributed by atoms with Crippen molar-refractivity contribution in [1.82, 2.24) is 0 Å². The monoisotopic (exact) mass is 276 g/mol. The van der Waals surface area contributed by atoms with Gasteiger partial charge in [0.05, 0.1) is 11.4 Å². The highest BCUT2D eigenvalue weighted by Gasteiger charge is 2.28. The van der Waals surface area contributed by atoms with Gasteiger partial charge in [0.2, 0.25) is 0 Å². The summed E-state index contributed by atoms with van der Waals surface area (Å²) in [4.78, 5) is 19.6. The summed E-state index contributed by atoms with van der Waals surface area (Å²) < 4.78 is 0. The van der Waals surface area contributed by atoms with E-state index in [1.165, 1.54) is 11.8 Å². The molecule has 6 heteroatoms. The molecule has 1 atom stereocenters. The lowest BCUT2D eigenvalue weighted by Crippen LogP contribution is -2.17. The lowest BCUT2D eigenvalue weighted by atomic mass is 10.0. The van der Waals surface area contributed by atoms with Crippen molar-refractivity contribution in [3.05, 3.63) is 23.8 Å². The van der Waals surface area contributed by atoms with Crippen molar-refractivity contribution in [3.63, 3.8) is 0 Å². The second-order valence-corrected chi connectivity index (χ2v) is 5.48. The second-order valence-electron chi connectivity index (χ2n) is 4.47. The number of phenolic OH excluding ortho intramolecular Hbond substituents is 1. The number of carbonyl (C=O) groups is 1. The van der Waals surface area contributed by atoms with Gasteiger partial charge in [0.15, 0.2) is 6.04 Å². The summed E-state index contributed by atoms with van der Waals surface area (Å²) in [6.45, 7) is 0. The number of carboxylic acid groups (broad SMARTS) is 1. The van der Waals surface area contributed by atoms with Gasteiger partial charge in [0, 0.05) is 5.75 Å². The van der Waals surface area contributed by atoms with Crippen LogP contribution in [0, 0.1) is 0 Å². The average molecular weight is 276 g/mol. The fraction of sp³-hybridized carbons (Fsp3) is 0.308.